The summed E-state index contributed by atoms with van der Waals surface area (Å²) in [5, 5.41) is 13.3. The fourth-order valence-electron chi connectivity index (χ4n) is 12.8. The Balaban J connectivity index is 0.979. The number of aryl methyl sites for hydroxylation is 2. The van der Waals surface area contributed by atoms with Crippen LogP contribution < -0.4 is 4.74 Å². The van der Waals surface area contributed by atoms with E-state index in [9.17, 15) is 5.11 Å². The summed E-state index contributed by atoms with van der Waals surface area (Å²) in [6.07, 6.45) is 7.68. The summed E-state index contributed by atoms with van der Waals surface area (Å²) < 4.78 is 19.0. The lowest BCUT2D eigenvalue weighted by Gasteiger charge is -2.59. The van der Waals surface area contributed by atoms with Gasteiger partial charge in [0.25, 0.3) is 0 Å². The Kier molecular flexibility index (Phi) is 5.72. The van der Waals surface area contributed by atoms with E-state index in [-0.39, 0.29) is 6.61 Å². The number of allylic oxidation sites excluding steroid dienone is 1. The van der Waals surface area contributed by atoms with Crippen LogP contribution >= 0.6 is 0 Å². The molecule has 8 aliphatic heterocycles. The number of ether oxygens (including phenoxy) is 2. The van der Waals surface area contributed by atoms with Crippen LogP contribution in [0.5, 0.6) is 5.75 Å². The molecule has 0 amide bonds. The minimum Gasteiger partial charge on any atom is -0.462 e. The number of hydrogen-bond donors (Lipinski definition) is 1. The van der Waals surface area contributed by atoms with E-state index in [0.29, 0.717) is 53.8 Å². The van der Waals surface area contributed by atoms with Gasteiger partial charge >= 0.3 is 0 Å². The van der Waals surface area contributed by atoms with Crippen molar-refractivity contribution in [3.63, 3.8) is 0 Å². The van der Waals surface area contributed by atoms with Gasteiger partial charge in [0.2, 0.25) is 5.79 Å². The fourth-order valence-corrected chi connectivity index (χ4v) is 12.8. The summed E-state index contributed by atoms with van der Waals surface area (Å²) >= 11 is 0. The van der Waals surface area contributed by atoms with Gasteiger partial charge in [-0.2, -0.15) is 0 Å². The zero-order valence-electron chi connectivity index (χ0n) is 28.9. The number of aromatic nitrogens is 2. The van der Waals surface area contributed by atoms with E-state index in [1.54, 1.807) is 5.56 Å². The molecule has 0 radical (unpaired) electrons. The highest BCUT2D eigenvalue weighted by Gasteiger charge is 2.59. The first-order chi connectivity index (χ1) is 23.3. The van der Waals surface area contributed by atoms with Gasteiger partial charge in [0.05, 0.1) is 18.7 Å². The van der Waals surface area contributed by atoms with Crippen LogP contribution in [0.25, 0.3) is 21.8 Å². The SMILES string of the molecule is C/C=C1/CN2[C@H]3C[C@H]1[C@@H](CO)[C@@H]2Cc1c3n(C)c2cc3c(cc12)O[C@]1(C)OC[C@@H]2[C@@H](C[C@H]4c5c(c6ccccc6n5C)C[C@@H]2N4C)[C@@H]1C3. The summed E-state index contributed by atoms with van der Waals surface area (Å²) in [7, 11) is 6.93. The van der Waals surface area contributed by atoms with Crippen molar-refractivity contribution in [2.24, 2.45) is 43.7 Å². The second kappa shape index (κ2) is 9.57. The molecule has 11 atom stereocenters. The molecule has 4 aromatic rings. The molecule has 0 spiro atoms. The number of aliphatic hydroxyl groups excluding tert-OH is 1. The van der Waals surface area contributed by atoms with Crippen LogP contribution in [0, 0.1) is 29.6 Å². The summed E-state index contributed by atoms with van der Waals surface area (Å²) in [4.78, 5) is 5.40. The van der Waals surface area contributed by atoms with Gasteiger partial charge in [0.15, 0.2) is 0 Å². The van der Waals surface area contributed by atoms with E-state index in [0.717, 1.165) is 51.0 Å². The number of likely N-dealkylation sites (N-methyl/N-ethyl adjacent to an activating group) is 1. The van der Waals surface area contributed by atoms with Crippen LogP contribution in [-0.4, -0.2) is 68.7 Å². The van der Waals surface area contributed by atoms with Gasteiger partial charge in [-0.25, -0.2) is 0 Å². The molecule has 10 heterocycles. The summed E-state index contributed by atoms with van der Waals surface area (Å²) in [6, 6.07) is 15.6. The second-order valence-corrected chi connectivity index (χ2v) is 16.6. The highest BCUT2D eigenvalue weighted by atomic mass is 16.7. The van der Waals surface area contributed by atoms with Crippen LogP contribution in [0.4, 0.5) is 0 Å². The highest BCUT2D eigenvalue weighted by molar-refractivity contribution is 5.89. The molecule has 0 aliphatic carbocycles. The summed E-state index contributed by atoms with van der Waals surface area (Å²) in [6.45, 7) is 6.49. The summed E-state index contributed by atoms with van der Waals surface area (Å²) in [5.41, 5.74) is 11.6. The molecule has 1 unspecified atom stereocenters. The molecule has 6 bridgehead atoms. The van der Waals surface area contributed by atoms with Crippen LogP contribution in [-0.2, 0) is 38.1 Å². The molecule has 48 heavy (non-hydrogen) atoms. The Morgan fingerprint density at radius 3 is 2.50 bits per heavy atom. The van der Waals surface area contributed by atoms with E-state index >= 15 is 0 Å². The van der Waals surface area contributed by atoms with Crippen LogP contribution in [0.1, 0.15) is 66.9 Å². The summed E-state index contributed by atoms with van der Waals surface area (Å²) in [5.74, 6) is 2.58. The van der Waals surface area contributed by atoms with Crippen molar-refractivity contribution >= 4 is 21.8 Å². The quantitative estimate of drug-likeness (QED) is 0.256. The van der Waals surface area contributed by atoms with E-state index in [2.05, 4.69) is 96.4 Å². The average Bonchev–Trinajstić information content (AvgIpc) is 3.52. The molecule has 2 aromatic heterocycles. The number of hydrogen-bond acceptors (Lipinski definition) is 5. The highest BCUT2D eigenvalue weighted by Crippen LogP contribution is 2.58. The Labute approximate surface area is 283 Å². The molecule has 250 valence electrons. The van der Waals surface area contributed by atoms with E-state index < -0.39 is 5.79 Å². The van der Waals surface area contributed by atoms with Gasteiger partial charge in [0, 0.05) is 97.2 Å². The van der Waals surface area contributed by atoms with Crippen molar-refractivity contribution in [1.82, 2.24) is 18.9 Å². The molecular formula is C41H48N4O3. The number of aliphatic hydroxyl groups is 1. The second-order valence-electron chi connectivity index (χ2n) is 16.6. The predicted octanol–water partition coefficient (Wildman–Crippen LogP) is 6.06. The van der Waals surface area contributed by atoms with Crippen molar-refractivity contribution in [2.45, 2.75) is 75.9 Å². The number of piperidine rings is 4. The molecule has 0 saturated carbocycles. The third-order valence-electron chi connectivity index (χ3n) is 15.1. The number of nitrogens with zero attached hydrogens (tertiary/aromatic N) is 4. The van der Waals surface area contributed by atoms with E-state index in [4.69, 9.17) is 9.47 Å². The Bertz CT molecular complexity index is 2070. The van der Waals surface area contributed by atoms with Gasteiger partial charge in [-0.05, 0) is 92.8 Å². The Hall–Kier alpha value is -3.10. The lowest BCUT2D eigenvalue weighted by atomic mass is 9.62. The molecule has 7 nitrogen and oxygen atoms in total. The number of rotatable bonds is 1. The molecule has 7 heteroatoms. The van der Waals surface area contributed by atoms with E-state index in [1.165, 1.54) is 49.9 Å². The molecule has 1 N–H and O–H groups in total. The molecule has 2 aromatic carbocycles. The average molecular weight is 645 g/mol. The van der Waals surface area contributed by atoms with Gasteiger partial charge in [-0.1, -0.05) is 29.8 Å². The maximum Gasteiger partial charge on any atom is 0.211 e. The van der Waals surface area contributed by atoms with Crippen molar-refractivity contribution in [2.75, 3.05) is 26.8 Å². The molecular weight excluding hydrogens is 596 g/mol. The van der Waals surface area contributed by atoms with Gasteiger partial charge in [-0.3, -0.25) is 9.80 Å². The topological polar surface area (TPSA) is 55.0 Å². The zero-order chi connectivity index (χ0) is 32.4. The molecule has 5 fully saturated rings. The minimum atomic E-state index is -0.616. The number of para-hydroxylation sites is 1. The monoisotopic (exact) mass is 644 g/mol. The number of benzene rings is 2. The van der Waals surface area contributed by atoms with Crippen LogP contribution in [0.15, 0.2) is 48.0 Å². The fraction of sp³-hybridized carbons (Fsp3) is 0.561. The van der Waals surface area contributed by atoms with Crippen LogP contribution in [0.2, 0.25) is 0 Å². The normalized spacial score (nSPS) is 39.9. The van der Waals surface area contributed by atoms with Gasteiger partial charge in [0.1, 0.15) is 5.75 Å². The largest absolute Gasteiger partial charge is 0.462 e. The van der Waals surface area contributed by atoms with Crippen molar-refractivity contribution in [3.05, 3.63) is 76.1 Å². The lowest BCUT2D eigenvalue weighted by molar-refractivity contribution is -0.280. The molecule has 8 aliphatic rings. The standard InChI is InChI=1S/C41H48N4O3/c1-6-21-18-45-35-16-28-26-17-38-22(12-33(26)44(5)40(28)37(45)13-24(21)29(35)19-46)11-31-25-14-36-39-27(23-9-7-8-10-32(23)43(39)4)15-34(42(36)3)30(25)20-47-41(31,2)48-38/h6-10,12,17,24-25,29-31,34-37,46H,11,13-16,18-20H2,1-5H3/b21-6-/t24-,25-,29-,30-,31+,34+,35+,36+,37+,41+/m1/s1. The van der Waals surface area contributed by atoms with E-state index in [1.807, 2.05) is 0 Å². The van der Waals surface area contributed by atoms with Crippen molar-refractivity contribution in [3.8, 4) is 5.75 Å². The first-order valence-corrected chi connectivity index (χ1v) is 18.6. The van der Waals surface area contributed by atoms with Crippen molar-refractivity contribution < 1.29 is 14.6 Å². The Morgan fingerprint density at radius 1 is 0.896 bits per heavy atom. The first-order valence-electron chi connectivity index (χ1n) is 18.6. The lowest BCUT2D eigenvalue weighted by Crippen LogP contribution is -2.64. The third kappa shape index (κ3) is 3.40. The van der Waals surface area contributed by atoms with Crippen LogP contribution in [0.3, 0.4) is 0 Å². The Morgan fingerprint density at radius 2 is 1.67 bits per heavy atom. The maximum absolute atomic E-state index is 10.5. The number of fused-ring (bicyclic) bond motifs is 15. The predicted molar refractivity (Wildman–Crippen MR) is 187 cm³/mol. The third-order valence-corrected chi connectivity index (χ3v) is 15.1. The smallest absolute Gasteiger partial charge is 0.211 e. The van der Waals surface area contributed by atoms with Gasteiger partial charge in [-0.15, -0.1) is 0 Å². The maximum atomic E-state index is 10.5. The molecule has 5 saturated heterocycles. The van der Waals surface area contributed by atoms with Crippen molar-refractivity contribution in [1.29, 1.82) is 0 Å². The molecule has 12 rings (SSSR count). The zero-order valence-corrected chi connectivity index (χ0v) is 28.9. The minimum absolute atomic E-state index is 0.271. The first kappa shape index (κ1) is 28.7. The van der Waals surface area contributed by atoms with Gasteiger partial charge < -0.3 is 23.7 Å².